The molecular formula is C30H29N3O3. The Hall–Kier alpha value is -4.19. The van der Waals surface area contributed by atoms with Crippen LogP contribution in [0.25, 0.3) is 28.2 Å². The number of H-pyrrole nitrogens is 1. The zero-order valence-corrected chi connectivity index (χ0v) is 20.1. The number of aromatic nitrogens is 2. The lowest BCUT2D eigenvalue weighted by molar-refractivity contribution is -0.131. The van der Waals surface area contributed by atoms with Gasteiger partial charge in [-0.15, -0.1) is 0 Å². The number of carbonyl (C=O) groups is 2. The maximum Gasteiger partial charge on any atom is 0.328 e. The SMILES string of the molecule is O=C(O)C=Cc1cccc(N(Cc2ccc(-c3ccc4nc[nH]c4c3)cc2)C(=O)C2CCCCC2)c1. The Morgan fingerprint density at radius 1 is 0.972 bits per heavy atom. The molecule has 36 heavy (non-hydrogen) atoms. The zero-order valence-electron chi connectivity index (χ0n) is 20.1. The second-order valence-corrected chi connectivity index (χ2v) is 9.36. The highest BCUT2D eigenvalue weighted by Gasteiger charge is 2.27. The lowest BCUT2D eigenvalue weighted by atomic mass is 9.88. The van der Waals surface area contributed by atoms with E-state index in [0.29, 0.717) is 6.54 Å². The average molecular weight is 480 g/mol. The van der Waals surface area contributed by atoms with Crippen LogP contribution in [0.5, 0.6) is 0 Å². The van der Waals surface area contributed by atoms with Crippen LogP contribution in [-0.2, 0) is 16.1 Å². The van der Waals surface area contributed by atoms with E-state index in [4.69, 9.17) is 5.11 Å². The third-order valence-electron chi connectivity index (χ3n) is 6.87. The summed E-state index contributed by atoms with van der Waals surface area (Å²) in [6.07, 6.45) is 9.56. The molecule has 3 aromatic carbocycles. The summed E-state index contributed by atoms with van der Waals surface area (Å²) >= 11 is 0. The molecule has 0 spiro atoms. The number of hydrogen-bond acceptors (Lipinski definition) is 3. The molecule has 0 unspecified atom stereocenters. The topological polar surface area (TPSA) is 86.3 Å². The Morgan fingerprint density at radius 3 is 2.53 bits per heavy atom. The number of aliphatic carboxylic acids is 1. The molecular weight excluding hydrogens is 450 g/mol. The van der Waals surface area contributed by atoms with Gasteiger partial charge in [-0.3, -0.25) is 4.79 Å². The fraction of sp³-hybridized carbons (Fsp3) is 0.233. The number of anilines is 1. The number of nitrogens with one attached hydrogen (secondary N) is 1. The van der Waals surface area contributed by atoms with E-state index in [-0.39, 0.29) is 11.8 Å². The predicted molar refractivity (Wildman–Crippen MR) is 142 cm³/mol. The molecule has 182 valence electrons. The van der Waals surface area contributed by atoms with Crippen molar-refractivity contribution in [2.75, 3.05) is 4.90 Å². The minimum Gasteiger partial charge on any atom is -0.478 e. The van der Waals surface area contributed by atoms with Crippen molar-refractivity contribution in [3.63, 3.8) is 0 Å². The van der Waals surface area contributed by atoms with E-state index < -0.39 is 5.97 Å². The Morgan fingerprint density at radius 2 is 1.75 bits per heavy atom. The van der Waals surface area contributed by atoms with Crippen molar-refractivity contribution >= 4 is 34.7 Å². The van der Waals surface area contributed by atoms with Crippen molar-refractivity contribution in [3.8, 4) is 11.1 Å². The number of aromatic amines is 1. The van der Waals surface area contributed by atoms with Crippen molar-refractivity contribution in [2.45, 2.75) is 38.6 Å². The smallest absolute Gasteiger partial charge is 0.328 e. The Labute approximate surface area is 210 Å². The number of fused-ring (bicyclic) bond motifs is 1. The molecule has 2 N–H and O–H groups in total. The van der Waals surface area contributed by atoms with Crippen LogP contribution in [0.3, 0.4) is 0 Å². The molecule has 4 aromatic rings. The first-order chi connectivity index (χ1) is 17.6. The number of benzene rings is 3. The van der Waals surface area contributed by atoms with Gasteiger partial charge >= 0.3 is 5.97 Å². The monoisotopic (exact) mass is 479 g/mol. The summed E-state index contributed by atoms with van der Waals surface area (Å²) in [6.45, 7) is 0.460. The highest BCUT2D eigenvalue weighted by atomic mass is 16.4. The molecule has 0 radical (unpaired) electrons. The highest BCUT2D eigenvalue weighted by Crippen LogP contribution is 2.30. The first-order valence-corrected chi connectivity index (χ1v) is 12.4. The van der Waals surface area contributed by atoms with E-state index >= 15 is 0 Å². The molecule has 6 nitrogen and oxygen atoms in total. The summed E-state index contributed by atoms with van der Waals surface area (Å²) in [5.74, 6) is -0.831. The number of carbonyl (C=O) groups excluding carboxylic acids is 1. The van der Waals surface area contributed by atoms with Gasteiger partial charge in [0.1, 0.15) is 0 Å². The molecule has 1 fully saturated rings. The minimum absolute atomic E-state index is 0.0253. The molecule has 6 heteroatoms. The number of amides is 1. The van der Waals surface area contributed by atoms with E-state index in [9.17, 15) is 9.59 Å². The molecule has 5 rings (SSSR count). The maximum absolute atomic E-state index is 13.7. The average Bonchev–Trinajstić information content (AvgIpc) is 3.39. The van der Waals surface area contributed by atoms with E-state index in [0.717, 1.165) is 70.7 Å². The largest absolute Gasteiger partial charge is 0.478 e. The molecule has 1 aliphatic rings. The third kappa shape index (κ3) is 5.38. The first kappa shape index (κ1) is 23.5. The molecule has 0 aliphatic heterocycles. The molecule has 1 aromatic heterocycles. The van der Waals surface area contributed by atoms with Crippen LogP contribution in [0.2, 0.25) is 0 Å². The number of imidazole rings is 1. The summed E-state index contributed by atoms with van der Waals surface area (Å²) in [7, 11) is 0. The Balaban J connectivity index is 1.42. The van der Waals surface area contributed by atoms with Gasteiger partial charge in [0.15, 0.2) is 0 Å². The number of hydrogen-bond donors (Lipinski definition) is 2. The second-order valence-electron chi connectivity index (χ2n) is 9.36. The highest BCUT2D eigenvalue weighted by molar-refractivity contribution is 5.95. The van der Waals surface area contributed by atoms with Gasteiger partial charge in [-0.1, -0.05) is 61.7 Å². The van der Waals surface area contributed by atoms with Gasteiger partial charge < -0.3 is 15.0 Å². The fourth-order valence-corrected chi connectivity index (χ4v) is 4.93. The summed E-state index contributed by atoms with van der Waals surface area (Å²) in [5.41, 5.74) is 6.71. The number of rotatable bonds is 7. The molecule has 0 atom stereocenters. The van der Waals surface area contributed by atoms with Crippen molar-refractivity contribution in [2.24, 2.45) is 5.92 Å². The van der Waals surface area contributed by atoms with Crippen LogP contribution < -0.4 is 4.90 Å². The fourth-order valence-electron chi connectivity index (χ4n) is 4.93. The van der Waals surface area contributed by atoms with Crippen molar-refractivity contribution < 1.29 is 14.7 Å². The van der Waals surface area contributed by atoms with Crippen LogP contribution >= 0.6 is 0 Å². The lowest BCUT2D eigenvalue weighted by Crippen LogP contribution is -2.36. The van der Waals surface area contributed by atoms with Gasteiger partial charge in [-0.05, 0) is 65.4 Å². The standard InChI is InChI=1S/C30H29N3O3/c34-29(35)16-11-21-5-4-8-26(17-21)33(30(36)24-6-2-1-3-7-24)19-22-9-12-23(13-10-22)25-14-15-27-28(18-25)32-20-31-27/h4-5,8-18,20,24H,1-3,6-7,19H2,(H,31,32)(H,34,35). The summed E-state index contributed by atoms with van der Waals surface area (Å²) in [4.78, 5) is 33.9. The molecule has 0 bridgehead atoms. The number of carboxylic acid groups (broad SMARTS) is 1. The summed E-state index contributed by atoms with van der Waals surface area (Å²) < 4.78 is 0. The van der Waals surface area contributed by atoms with E-state index in [1.54, 1.807) is 12.4 Å². The normalized spacial score (nSPS) is 14.3. The third-order valence-corrected chi connectivity index (χ3v) is 6.87. The van der Waals surface area contributed by atoms with Gasteiger partial charge in [-0.2, -0.15) is 0 Å². The van der Waals surface area contributed by atoms with Crippen LogP contribution in [0.15, 0.2) is 79.1 Å². The zero-order chi connectivity index (χ0) is 24.9. The quantitative estimate of drug-likeness (QED) is 0.299. The van der Waals surface area contributed by atoms with Gasteiger partial charge in [0.2, 0.25) is 5.91 Å². The van der Waals surface area contributed by atoms with E-state index in [1.807, 2.05) is 35.2 Å². The van der Waals surface area contributed by atoms with Gasteiger partial charge in [0.25, 0.3) is 0 Å². The number of nitrogens with zero attached hydrogens (tertiary/aromatic N) is 2. The first-order valence-electron chi connectivity index (χ1n) is 12.4. The predicted octanol–water partition coefficient (Wildman–Crippen LogP) is 6.44. The van der Waals surface area contributed by atoms with Crippen molar-refractivity contribution in [3.05, 3.63) is 90.3 Å². The van der Waals surface area contributed by atoms with E-state index in [2.05, 4.69) is 46.4 Å². The van der Waals surface area contributed by atoms with Crippen LogP contribution in [0.1, 0.15) is 43.2 Å². The second kappa shape index (κ2) is 10.6. The molecule has 1 amide bonds. The molecule has 0 saturated heterocycles. The molecule has 1 aliphatic carbocycles. The number of carboxylic acids is 1. The van der Waals surface area contributed by atoms with Crippen molar-refractivity contribution in [1.82, 2.24) is 9.97 Å². The minimum atomic E-state index is -0.998. The summed E-state index contributed by atoms with van der Waals surface area (Å²) in [6, 6.07) is 22.0. The van der Waals surface area contributed by atoms with Crippen molar-refractivity contribution in [1.29, 1.82) is 0 Å². The summed E-state index contributed by atoms with van der Waals surface area (Å²) in [5, 5.41) is 9.00. The van der Waals surface area contributed by atoms with Gasteiger partial charge in [0.05, 0.1) is 23.9 Å². The Kier molecular flexibility index (Phi) is 6.94. The van der Waals surface area contributed by atoms with Crippen LogP contribution in [-0.4, -0.2) is 27.0 Å². The van der Waals surface area contributed by atoms with Gasteiger partial charge in [-0.25, -0.2) is 9.78 Å². The van der Waals surface area contributed by atoms with Crippen LogP contribution in [0.4, 0.5) is 5.69 Å². The van der Waals surface area contributed by atoms with Gasteiger partial charge in [0, 0.05) is 17.7 Å². The lowest BCUT2D eigenvalue weighted by Gasteiger charge is -2.30. The Bertz CT molecular complexity index is 1400. The van der Waals surface area contributed by atoms with E-state index in [1.165, 1.54) is 6.42 Å². The van der Waals surface area contributed by atoms with Crippen LogP contribution in [0, 0.1) is 5.92 Å². The maximum atomic E-state index is 13.7. The molecule has 1 saturated carbocycles. The molecule has 1 heterocycles.